The van der Waals surface area contributed by atoms with Crippen molar-refractivity contribution < 1.29 is 9.13 Å². The van der Waals surface area contributed by atoms with E-state index in [4.69, 9.17) is 0 Å². The van der Waals surface area contributed by atoms with E-state index >= 15 is 0 Å². The second kappa shape index (κ2) is 5.35. The van der Waals surface area contributed by atoms with Gasteiger partial charge in [-0.1, -0.05) is 37.1 Å². The van der Waals surface area contributed by atoms with E-state index in [2.05, 4.69) is 26.0 Å². The van der Waals surface area contributed by atoms with Crippen molar-refractivity contribution in [2.45, 2.75) is 27.7 Å². The summed E-state index contributed by atoms with van der Waals surface area (Å²) in [5.41, 5.74) is 2.38. The fourth-order valence-corrected chi connectivity index (χ4v) is 11.3. The summed E-state index contributed by atoms with van der Waals surface area (Å²) in [7, 11) is -4.97. The average molecular weight is 301 g/mol. The van der Waals surface area contributed by atoms with E-state index in [-0.39, 0.29) is 0 Å². The largest absolute Gasteiger partial charge is 0.305 e. The predicted octanol–water partition coefficient (Wildman–Crippen LogP) is 4.42. The Morgan fingerprint density at radius 1 is 1.05 bits per heavy atom. The molecule has 0 radical (unpaired) electrons. The van der Waals surface area contributed by atoms with Crippen LogP contribution >= 0.6 is 14.6 Å². The average Bonchev–Trinajstić information content (AvgIpc) is 2.80. The molecule has 2 rings (SSSR count). The smallest absolute Gasteiger partial charge is 0.163 e. The Morgan fingerprint density at radius 2 is 1.47 bits per heavy atom. The fraction of sp³-hybridized carbons (Fsp3) is 0.714. The minimum atomic E-state index is -2.49. The predicted molar refractivity (Wildman–Crippen MR) is 83.7 cm³/mol. The van der Waals surface area contributed by atoms with Crippen molar-refractivity contribution in [2.24, 2.45) is 5.92 Å². The molecule has 2 unspecified atom stereocenters. The van der Waals surface area contributed by atoms with Crippen molar-refractivity contribution in [3.63, 3.8) is 0 Å². The van der Waals surface area contributed by atoms with E-state index in [9.17, 15) is 9.13 Å². The lowest BCUT2D eigenvalue weighted by Gasteiger charge is -2.35. The molecule has 0 saturated carbocycles. The molecule has 0 aromatic heterocycles. The Morgan fingerprint density at radius 3 is 1.74 bits per heavy atom. The van der Waals surface area contributed by atoms with E-state index in [1.54, 1.807) is 0 Å². The Bertz CT molecular complexity index is 478. The van der Waals surface area contributed by atoms with Gasteiger partial charge in [-0.2, -0.15) is 4.44 Å². The van der Waals surface area contributed by atoms with E-state index in [1.165, 1.54) is 11.1 Å². The third kappa shape index (κ3) is 3.15. The molecular formula is C14H25NO2P2. The topological polar surface area (TPSA) is 37.4 Å². The van der Waals surface area contributed by atoms with E-state index in [0.717, 1.165) is 0 Å². The Hall–Kier alpha value is -0.100. The molecule has 0 aromatic carbocycles. The van der Waals surface area contributed by atoms with Crippen LogP contribution in [0.3, 0.4) is 0 Å². The molecule has 19 heavy (non-hydrogen) atoms. The fourth-order valence-electron chi connectivity index (χ4n) is 2.91. The third-order valence-electron chi connectivity index (χ3n) is 3.81. The molecule has 0 amide bonds. The van der Waals surface area contributed by atoms with E-state index in [1.807, 2.05) is 18.3 Å². The van der Waals surface area contributed by atoms with Crippen LogP contribution in [0.5, 0.6) is 0 Å². The highest BCUT2D eigenvalue weighted by Crippen LogP contribution is 2.70. The van der Waals surface area contributed by atoms with Crippen molar-refractivity contribution in [3.05, 3.63) is 23.3 Å². The van der Waals surface area contributed by atoms with Gasteiger partial charge < -0.3 is 9.13 Å². The van der Waals surface area contributed by atoms with E-state index in [0.29, 0.717) is 37.1 Å². The van der Waals surface area contributed by atoms with Crippen LogP contribution in [-0.2, 0) is 9.13 Å². The monoisotopic (exact) mass is 301 g/mol. The first kappa shape index (κ1) is 15.3. The first-order valence-electron chi connectivity index (χ1n) is 7.01. The minimum absolute atomic E-state index is 0.387. The first-order chi connectivity index (χ1) is 8.75. The van der Waals surface area contributed by atoms with Gasteiger partial charge in [0.25, 0.3) is 0 Å². The van der Waals surface area contributed by atoms with Gasteiger partial charge in [0, 0.05) is 31.2 Å². The molecule has 0 N–H and O–H groups in total. The summed E-state index contributed by atoms with van der Waals surface area (Å²) in [6, 6.07) is 0. The molecule has 0 saturated heterocycles. The Balaban J connectivity index is 2.28. The molecule has 0 aliphatic carbocycles. The second-order valence-corrected chi connectivity index (χ2v) is 12.5. The van der Waals surface area contributed by atoms with Crippen molar-refractivity contribution in [1.82, 2.24) is 4.44 Å². The van der Waals surface area contributed by atoms with Crippen molar-refractivity contribution in [2.75, 3.05) is 31.2 Å². The van der Waals surface area contributed by atoms with Crippen LogP contribution in [0.1, 0.15) is 27.7 Å². The summed E-state index contributed by atoms with van der Waals surface area (Å²) >= 11 is 0. The van der Waals surface area contributed by atoms with Gasteiger partial charge in [-0.25, -0.2) is 0 Å². The van der Waals surface area contributed by atoms with Gasteiger partial charge >= 0.3 is 0 Å². The zero-order chi connectivity index (χ0) is 14.3. The summed E-state index contributed by atoms with van der Waals surface area (Å²) in [6.45, 7) is 8.97. The molecule has 0 aromatic rings. The molecule has 2 heterocycles. The minimum Gasteiger partial charge on any atom is -0.305 e. The molecule has 2 atom stereocenters. The highest BCUT2D eigenvalue weighted by molar-refractivity contribution is 7.77. The van der Waals surface area contributed by atoms with Crippen LogP contribution < -0.4 is 0 Å². The lowest BCUT2D eigenvalue weighted by Crippen LogP contribution is -2.25. The number of hydrogen-bond donors (Lipinski definition) is 0. The first-order valence-corrected chi connectivity index (χ1v) is 11.1. The number of allylic oxidation sites excluding steroid dienone is 4. The maximum Gasteiger partial charge on any atom is 0.163 e. The number of nitrogens with zero attached hydrogens (tertiary/aromatic N) is 1. The standard InChI is InChI=1S/C14H25NO2P2/c1-12(2)9-15(18(16)7-5-13(3)10-18)19(17)8-6-14(4)11-19/h5-6,12H,7-11H2,1-4H3. The van der Waals surface area contributed by atoms with Crippen molar-refractivity contribution >= 4 is 14.6 Å². The highest BCUT2D eigenvalue weighted by Gasteiger charge is 2.45. The summed E-state index contributed by atoms with van der Waals surface area (Å²) in [5, 5.41) is 0. The SMILES string of the molecule is CC1=CCP(=O)(N(CC(C)C)P2(=O)CC=C(C)C2)C1. The van der Waals surface area contributed by atoms with Gasteiger partial charge in [0.15, 0.2) is 14.6 Å². The van der Waals surface area contributed by atoms with Crippen LogP contribution in [0, 0.1) is 5.92 Å². The molecule has 5 heteroatoms. The van der Waals surface area contributed by atoms with Gasteiger partial charge in [-0.15, -0.1) is 0 Å². The quantitative estimate of drug-likeness (QED) is 0.570. The second-order valence-electron chi connectivity index (χ2n) is 6.42. The summed E-state index contributed by atoms with van der Waals surface area (Å²) in [6.07, 6.45) is 6.60. The summed E-state index contributed by atoms with van der Waals surface area (Å²) in [4.78, 5) is 0. The third-order valence-corrected chi connectivity index (χ3v) is 11.3. The molecule has 2 aliphatic rings. The Labute approximate surface area is 117 Å². The lowest BCUT2D eigenvalue weighted by atomic mass is 10.2. The Kier molecular flexibility index (Phi) is 4.31. The molecule has 0 fully saturated rings. The van der Waals surface area contributed by atoms with Crippen molar-refractivity contribution in [1.29, 1.82) is 0 Å². The normalized spacial score (nSPS) is 35.1. The number of hydrogen-bond acceptors (Lipinski definition) is 2. The molecule has 108 valence electrons. The van der Waals surface area contributed by atoms with Crippen LogP contribution in [0.15, 0.2) is 23.3 Å². The van der Waals surface area contributed by atoms with Gasteiger partial charge in [-0.05, 0) is 19.8 Å². The van der Waals surface area contributed by atoms with Crippen LogP contribution in [0.2, 0.25) is 0 Å². The maximum absolute atomic E-state index is 13.2. The molecule has 0 bridgehead atoms. The van der Waals surface area contributed by atoms with Crippen LogP contribution in [-0.4, -0.2) is 35.6 Å². The summed E-state index contributed by atoms with van der Waals surface area (Å²) in [5.74, 6) is 0.387. The molecule has 3 nitrogen and oxygen atoms in total. The lowest BCUT2D eigenvalue weighted by molar-refractivity contribution is 0.459. The van der Waals surface area contributed by atoms with E-state index < -0.39 is 14.6 Å². The number of rotatable bonds is 4. The van der Waals surface area contributed by atoms with Crippen LogP contribution in [0.25, 0.3) is 0 Å². The van der Waals surface area contributed by atoms with Crippen molar-refractivity contribution in [3.8, 4) is 0 Å². The van der Waals surface area contributed by atoms with Gasteiger partial charge in [0.05, 0.1) is 0 Å². The molecular weight excluding hydrogens is 276 g/mol. The van der Waals surface area contributed by atoms with Gasteiger partial charge in [0.2, 0.25) is 0 Å². The highest BCUT2D eigenvalue weighted by atomic mass is 31.2. The van der Waals surface area contributed by atoms with Gasteiger partial charge in [-0.3, -0.25) is 0 Å². The van der Waals surface area contributed by atoms with Crippen LogP contribution in [0.4, 0.5) is 0 Å². The molecule has 0 spiro atoms. The van der Waals surface area contributed by atoms with Gasteiger partial charge in [0.1, 0.15) is 0 Å². The zero-order valence-electron chi connectivity index (χ0n) is 12.4. The zero-order valence-corrected chi connectivity index (χ0v) is 14.2. The molecule has 2 aliphatic heterocycles. The summed E-state index contributed by atoms with van der Waals surface area (Å²) < 4.78 is 28.4. The maximum atomic E-state index is 13.2.